The maximum atomic E-state index is 10.1. The molecule has 0 rings (SSSR count). The molecule has 0 bridgehead atoms. The Balaban J connectivity index is 0. The van der Waals surface area contributed by atoms with E-state index in [2.05, 4.69) is 6.92 Å². The summed E-state index contributed by atoms with van der Waals surface area (Å²) in [5.41, 5.74) is 0. The summed E-state index contributed by atoms with van der Waals surface area (Å²) in [6.45, 7) is 2.22. The van der Waals surface area contributed by atoms with E-state index < -0.39 is 5.97 Å². The van der Waals surface area contributed by atoms with Crippen LogP contribution >= 0.6 is 11.8 Å². The van der Waals surface area contributed by atoms with E-state index in [9.17, 15) is 9.90 Å². The van der Waals surface area contributed by atoms with E-state index in [1.165, 1.54) is 38.5 Å². The Morgan fingerprint density at radius 2 is 1.67 bits per heavy atom. The monoisotopic (exact) mass is 235 g/mol. The number of carboxylic acids is 1. The van der Waals surface area contributed by atoms with Crippen molar-refractivity contribution in [2.75, 3.05) is 11.5 Å². The fourth-order valence-electron chi connectivity index (χ4n) is 1.24. The molecule has 92 valence electrons. The maximum absolute atomic E-state index is 10.1. The van der Waals surface area contributed by atoms with Gasteiger partial charge in [0.25, 0.3) is 0 Å². The predicted molar refractivity (Wildman–Crippen MR) is 66.3 cm³/mol. The van der Waals surface area contributed by atoms with Crippen LogP contribution in [-0.4, -0.2) is 17.5 Å². The minimum Gasteiger partial charge on any atom is -0.550 e. The SMILES string of the molecule is CCCCCCCCSCCC(=O)[O-].[NH4+]. The molecular weight excluding hydrogens is 210 g/mol. The van der Waals surface area contributed by atoms with Gasteiger partial charge in [-0.25, -0.2) is 0 Å². The summed E-state index contributed by atoms with van der Waals surface area (Å²) in [5, 5.41) is 10.1. The Bertz CT molecular complexity index is 143. The Morgan fingerprint density at radius 1 is 1.07 bits per heavy atom. The van der Waals surface area contributed by atoms with Crippen molar-refractivity contribution in [1.82, 2.24) is 6.15 Å². The first-order valence-corrected chi connectivity index (χ1v) is 6.70. The minimum atomic E-state index is -0.930. The molecule has 0 aromatic carbocycles. The summed E-state index contributed by atoms with van der Waals surface area (Å²) in [6, 6.07) is 0. The first-order chi connectivity index (χ1) is 6.77. The van der Waals surface area contributed by atoms with Gasteiger partial charge in [-0.2, -0.15) is 11.8 Å². The number of carbonyl (C=O) groups is 1. The number of carbonyl (C=O) groups excluding carboxylic acids is 1. The van der Waals surface area contributed by atoms with Crippen molar-refractivity contribution in [3.63, 3.8) is 0 Å². The van der Waals surface area contributed by atoms with E-state index >= 15 is 0 Å². The van der Waals surface area contributed by atoms with Crippen molar-refractivity contribution in [1.29, 1.82) is 0 Å². The molecular formula is C11H25NO2S. The van der Waals surface area contributed by atoms with E-state index in [1.807, 2.05) is 0 Å². The van der Waals surface area contributed by atoms with Gasteiger partial charge in [-0.1, -0.05) is 39.0 Å². The fraction of sp³-hybridized carbons (Fsp3) is 0.909. The first kappa shape index (κ1) is 17.2. The zero-order valence-corrected chi connectivity index (χ0v) is 10.9. The highest BCUT2D eigenvalue weighted by Gasteiger charge is 1.92. The molecule has 0 saturated heterocycles. The van der Waals surface area contributed by atoms with Crippen LogP contribution in [0, 0.1) is 0 Å². The molecule has 0 aromatic heterocycles. The standard InChI is InChI=1S/C11H22O2S.H3N/c1-2-3-4-5-6-7-9-14-10-8-11(12)13;/h2-10H2,1H3,(H,12,13);1H3. The summed E-state index contributed by atoms with van der Waals surface area (Å²) < 4.78 is 0. The molecule has 3 nitrogen and oxygen atoms in total. The average Bonchev–Trinajstić information content (AvgIpc) is 2.15. The zero-order chi connectivity index (χ0) is 10.6. The molecule has 0 radical (unpaired) electrons. The number of thioether (sulfide) groups is 1. The lowest BCUT2D eigenvalue weighted by Crippen LogP contribution is -2.22. The van der Waals surface area contributed by atoms with Crippen LogP contribution in [0.2, 0.25) is 0 Å². The Hall–Kier alpha value is -0.220. The number of hydrogen-bond donors (Lipinski definition) is 1. The molecule has 15 heavy (non-hydrogen) atoms. The minimum absolute atomic E-state index is 0. The van der Waals surface area contributed by atoms with Gasteiger partial charge in [-0.15, -0.1) is 0 Å². The lowest BCUT2D eigenvalue weighted by Gasteiger charge is -2.02. The molecule has 0 aliphatic carbocycles. The van der Waals surface area contributed by atoms with Gasteiger partial charge in [0, 0.05) is 5.97 Å². The number of carboxylic acid groups (broad SMARTS) is 1. The topological polar surface area (TPSA) is 76.6 Å². The van der Waals surface area contributed by atoms with Crippen molar-refractivity contribution in [3.8, 4) is 0 Å². The molecule has 0 aromatic rings. The maximum Gasteiger partial charge on any atom is 0.0422 e. The first-order valence-electron chi connectivity index (χ1n) is 5.55. The Kier molecular flexibility index (Phi) is 15.8. The van der Waals surface area contributed by atoms with Crippen LogP contribution in [0.25, 0.3) is 0 Å². The van der Waals surface area contributed by atoms with Crippen molar-refractivity contribution in [3.05, 3.63) is 0 Å². The third-order valence-electron chi connectivity index (χ3n) is 2.09. The summed E-state index contributed by atoms with van der Waals surface area (Å²) >= 11 is 1.72. The Morgan fingerprint density at radius 3 is 2.27 bits per heavy atom. The van der Waals surface area contributed by atoms with Gasteiger partial charge in [-0.3, -0.25) is 0 Å². The van der Waals surface area contributed by atoms with Gasteiger partial charge in [-0.05, 0) is 24.3 Å². The molecule has 0 atom stereocenters. The van der Waals surface area contributed by atoms with Gasteiger partial charge < -0.3 is 16.1 Å². The fourth-order valence-corrected chi connectivity index (χ4v) is 2.17. The molecule has 0 fully saturated rings. The van der Waals surface area contributed by atoms with Crippen LogP contribution in [-0.2, 0) is 4.79 Å². The number of rotatable bonds is 10. The van der Waals surface area contributed by atoms with Crippen molar-refractivity contribution in [2.45, 2.75) is 51.9 Å². The van der Waals surface area contributed by atoms with E-state index in [0.717, 1.165) is 5.75 Å². The number of unbranched alkanes of at least 4 members (excludes halogenated alkanes) is 5. The molecule has 4 N–H and O–H groups in total. The number of aliphatic carboxylic acids is 1. The second-order valence-electron chi connectivity index (χ2n) is 3.50. The highest BCUT2D eigenvalue weighted by molar-refractivity contribution is 7.99. The lowest BCUT2D eigenvalue weighted by atomic mass is 10.1. The summed E-state index contributed by atoms with van der Waals surface area (Å²) in [7, 11) is 0. The van der Waals surface area contributed by atoms with Crippen LogP contribution in [0.3, 0.4) is 0 Å². The second kappa shape index (κ2) is 13.8. The van der Waals surface area contributed by atoms with Gasteiger partial charge in [0.2, 0.25) is 0 Å². The third kappa shape index (κ3) is 16.5. The second-order valence-corrected chi connectivity index (χ2v) is 4.73. The van der Waals surface area contributed by atoms with Crippen LogP contribution in [0.1, 0.15) is 51.9 Å². The lowest BCUT2D eigenvalue weighted by molar-refractivity contribution is -0.305. The van der Waals surface area contributed by atoms with Gasteiger partial charge >= 0.3 is 0 Å². The van der Waals surface area contributed by atoms with Gasteiger partial charge in [0.1, 0.15) is 0 Å². The summed E-state index contributed by atoms with van der Waals surface area (Å²) in [5.74, 6) is 0.872. The molecule has 0 spiro atoms. The molecule has 0 saturated carbocycles. The highest BCUT2D eigenvalue weighted by atomic mass is 32.2. The van der Waals surface area contributed by atoms with E-state index in [0.29, 0.717) is 5.75 Å². The van der Waals surface area contributed by atoms with Crippen LogP contribution in [0.4, 0.5) is 0 Å². The highest BCUT2D eigenvalue weighted by Crippen LogP contribution is 2.10. The normalized spacial score (nSPS) is 9.67. The molecule has 0 aliphatic rings. The summed E-state index contributed by atoms with van der Waals surface area (Å²) in [6.07, 6.45) is 8.02. The average molecular weight is 235 g/mol. The zero-order valence-electron chi connectivity index (χ0n) is 10.1. The van der Waals surface area contributed by atoms with E-state index in [4.69, 9.17) is 0 Å². The van der Waals surface area contributed by atoms with Crippen molar-refractivity contribution >= 4 is 17.7 Å². The van der Waals surface area contributed by atoms with Gasteiger partial charge in [0.05, 0.1) is 0 Å². The predicted octanol–water partition coefficient (Wildman–Crippen LogP) is 2.60. The smallest absolute Gasteiger partial charge is 0.0422 e. The van der Waals surface area contributed by atoms with Crippen molar-refractivity contribution < 1.29 is 9.90 Å². The van der Waals surface area contributed by atoms with E-state index in [1.54, 1.807) is 11.8 Å². The summed E-state index contributed by atoms with van der Waals surface area (Å²) in [4.78, 5) is 10.1. The molecule has 0 unspecified atom stereocenters. The molecule has 0 aliphatic heterocycles. The van der Waals surface area contributed by atoms with Gasteiger partial charge in [0.15, 0.2) is 0 Å². The molecule has 0 amide bonds. The largest absolute Gasteiger partial charge is 0.550 e. The van der Waals surface area contributed by atoms with E-state index in [-0.39, 0.29) is 12.6 Å². The van der Waals surface area contributed by atoms with Crippen LogP contribution < -0.4 is 11.3 Å². The van der Waals surface area contributed by atoms with Crippen LogP contribution in [0.15, 0.2) is 0 Å². The Labute approximate surface area is 97.6 Å². The van der Waals surface area contributed by atoms with Crippen LogP contribution in [0.5, 0.6) is 0 Å². The molecule has 0 heterocycles. The number of quaternary nitrogens is 1. The molecule has 4 heteroatoms. The van der Waals surface area contributed by atoms with Crippen molar-refractivity contribution in [2.24, 2.45) is 0 Å². The number of hydrogen-bond acceptors (Lipinski definition) is 3. The third-order valence-corrected chi connectivity index (χ3v) is 3.16. The quantitative estimate of drug-likeness (QED) is 0.591.